The Kier molecular flexibility index (Phi) is 5.80. The SMILES string of the molecule is FC1CN(CCCc2c[nH]c3ccc(-n4cnnc4)cc23)CCC1Cc1ccccc1. The van der Waals surface area contributed by atoms with E-state index in [1.807, 2.05) is 22.8 Å². The molecule has 1 fully saturated rings. The van der Waals surface area contributed by atoms with Gasteiger partial charge in [-0.1, -0.05) is 30.3 Å². The van der Waals surface area contributed by atoms with Crippen molar-refractivity contribution in [1.82, 2.24) is 24.6 Å². The zero-order valence-electron chi connectivity index (χ0n) is 17.6. The summed E-state index contributed by atoms with van der Waals surface area (Å²) in [7, 11) is 0. The Morgan fingerprint density at radius 3 is 2.71 bits per heavy atom. The van der Waals surface area contributed by atoms with Crippen LogP contribution in [0.1, 0.15) is 24.0 Å². The number of aromatic amines is 1. The number of hydrogen-bond donors (Lipinski definition) is 1. The number of likely N-dealkylation sites (tertiary alicyclic amines) is 1. The van der Waals surface area contributed by atoms with Gasteiger partial charge in [-0.25, -0.2) is 4.39 Å². The summed E-state index contributed by atoms with van der Waals surface area (Å²) in [4.78, 5) is 5.67. The molecule has 1 aliphatic rings. The van der Waals surface area contributed by atoms with Crippen molar-refractivity contribution < 1.29 is 4.39 Å². The second kappa shape index (κ2) is 9.02. The second-order valence-corrected chi connectivity index (χ2v) is 8.57. The molecular formula is C25H28FN5. The second-order valence-electron chi connectivity index (χ2n) is 8.57. The topological polar surface area (TPSA) is 49.7 Å². The Balaban J connectivity index is 1.15. The van der Waals surface area contributed by atoms with Gasteiger partial charge >= 0.3 is 0 Å². The van der Waals surface area contributed by atoms with Crippen LogP contribution in [0, 0.1) is 5.92 Å². The van der Waals surface area contributed by atoms with Crippen molar-refractivity contribution in [2.75, 3.05) is 19.6 Å². The molecule has 1 aliphatic heterocycles. The molecule has 0 amide bonds. The Bertz CT molecular complexity index is 1110. The number of aromatic nitrogens is 4. The molecule has 1 saturated heterocycles. The van der Waals surface area contributed by atoms with Gasteiger partial charge in [0.1, 0.15) is 18.8 Å². The number of H-pyrrole nitrogens is 1. The summed E-state index contributed by atoms with van der Waals surface area (Å²) < 4.78 is 16.7. The van der Waals surface area contributed by atoms with Gasteiger partial charge in [-0.15, -0.1) is 10.2 Å². The van der Waals surface area contributed by atoms with E-state index in [-0.39, 0.29) is 5.92 Å². The molecule has 31 heavy (non-hydrogen) atoms. The number of aryl methyl sites for hydroxylation is 1. The van der Waals surface area contributed by atoms with E-state index in [1.165, 1.54) is 16.5 Å². The molecule has 160 valence electrons. The van der Waals surface area contributed by atoms with E-state index in [4.69, 9.17) is 0 Å². The summed E-state index contributed by atoms with van der Waals surface area (Å²) in [5.41, 5.74) is 4.74. The molecule has 4 aromatic rings. The van der Waals surface area contributed by atoms with Gasteiger partial charge in [0.2, 0.25) is 0 Å². The first-order chi connectivity index (χ1) is 15.3. The Labute approximate surface area is 181 Å². The third kappa shape index (κ3) is 4.54. The van der Waals surface area contributed by atoms with Gasteiger partial charge in [0.05, 0.1) is 0 Å². The lowest BCUT2D eigenvalue weighted by molar-refractivity contribution is 0.0842. The highest BCUT2D eigenvalue weighted by Crippen LogP contribution is 2.26. The number of hydrogen-bond acceptors (Lipinski definition) is 3. The molecule has 0 bridgehead atoms. The zero-order valence-corrected chi connectivity index (χ0v) is 17.6. The predicted molar refractivity (Wildman–Crippen MR) is 121 cm³/mol. The van der Waals surface area contributed by atoms with Gasteiger partial charge in [-0.2, -0.15) is 0 Å². The van der Waals surface area contributed by atoms with Crippen LogP contribution >= 0.6 is 0 Å². The van der Waals surface area contributed by atoms with Gasteiger partial charge < -0.3 is 9.88 Å². The minimum absolute atomic E-state index is 0.142. The van der Waals surface area contributed by atoms with Gasteiger partial charge in [0.15, 0.2) is 0 Å². The fourth-order valence-corrected chi connectivity index (χ4v) is 4.73. The first-order valence-electron chi connectivity index (χ1n) is 11.1. The summed E-state index contributed by atoms with van der Waals surface area (Å²) in [6.07, 6.45) is 8.57. The third-order valence-corrected chi connectivity index (χ3v) is 6.49. The summed E-state index contributed by atoms with van der Waals surface area (Å²) in [6.45, 7) is 2.49. The van der Waals surface area contributed by atoms with Crippen molar-refractivity contribution in [3.05, 3.63) is 78.5 Å². The van der Waals surface area contributed by atoms with E-state index in [1.54, 1.807) is 12.7 Å². The molecular weight excluding hydrogens is 389 g/mol. The number of alkyl halides is 1. The highest BCUT2D eigenvalue weighted by atomic mass is 19.1. The minimum Gasteiger partial charge on any atom is -0.361 e. The van der Waals surface area contributed by atoms with Crippen LogP contribution < -0.4 is 0 Å². The maximum absolute atomic E-state index is 14.8. The van der Waals surface area contributed by atoms with Crippen molar-refractivity contribution in [3.8, 4) is 5.69 Å². The monoisotopic (exact) mass is 417 g/mol. The lowest BCUT2D eigenvalue weighted by atomic mass is 9.88. The molecule has 5 rings (SSSR count). The molecule has 2 atom stereocenters. The van der Waals surface area contributed by atoms with Crippen molar-refractivity contribution >= 4 is 10.9 Å². The first kappa shape index (κ1) is 19.9. The van der Waals surface area contributed by atoms with E-state index < -0.39 is 6.17 Å². The molecule has 0 saturated carbocycles. The van der Waals surface area contributed by atoms with Crippen molar-refractivity contribution in [1.29, 1.82) is 0 Å². The highest BCUT2D eigenvalue weighted by Gasteiger charge is 2.28. The van der Waals surface area contributed by atoms with E-state index in [0.29, 0.717) is 6.54 Å². The molecule has 2 unspecified atom stereocenters. The number of benzene rings is 2. The largest absolute Gasteiger partial charge is 0.361 e. The smallest absolute Gasteiger partial charge is 0.123 e. The van der Waals surface area contributed by atoms with Gasteiger partial charge in [-0.05, 0) is 74.0 Å². The van der Waals surface area contributed by atoms with Crippen molar-refractivity contribution in [2.45, 2.75) is 31.9 Å². The molecule has 2 aromatic heterocycles. The van der Waals surface area contributed by atoms with Gasteiger partial charge in [-0.3, -0.25) is 4.57 Å². The van der Waals surface area contributed by atoms with Crippen molar-refractivity contribution in [3.63, 3.8) is 0 Å². The molecule has 0 radical (unpaired) electrons. The average Bonchev–Trinajstić information content (AvgIpc) is 3.46. The van der Waals surface area contributed by atoms with Crippen LogP contribution in [0.3, 0.4) is 0 Å². The molecule has 6 heteroatoms. The minimum atomic E-state index is -0.742. The molecule has 2 aromatic carbocycles. The normalized spacial score (nSPS) is 19.8. The Morgan fingerprint density at radius 1 is 1.06 bits per heavy atom. The lowest BCUT2D eigenvalue weighted by Crippen LogP contribution is -2.42. The van der Waals surface area contributed by atoms with Crippen LogP contribution in [-0.2, 0) is 12.8 Å². The van der Waals surface area contributed by atoms with Crippen LogP contribution in [-0.4, -0.2) is 50.5 Å². The van der Waals surface area contributed by atoms with Crippen LogP contribution in [0.5, 0.6) is 0 Å². The summed E-state index contributed by atoms with van der Waals surface area (Å²) in [6, 6.07) is 16.6. The fraction of sp³-hybridized carbons (Fsp3) is 0.360. The molecule has 1 N–H and O–H groups in total. The number of nitrogens with zero attached hydrogens (tertiary/aromatic N) is 4. The quantitative estimate of drug-likeness (QED) is 0.479. The molecule has 5 nitrogen and oxygen atoms in total. The van der Waals surface area contributed by atoms with E-state index in [9.17, 15) is 4.39 Å². The van der Waals surface area contributed by atoms with E-state index in [2.05, 4.69) is 56.6 Å². The lowest BCUT2D eigenvalue weighted by Gasteiger charge is -2.34. The average molecular weight is 418 g/mol. The van der Waals surface area contributed by atoms with Crippen molar-refractivity contribution in [2.24, 2.45) is 5.92 Å². The van der Waals surface area contributed by atoms with E-state index in [0.717, 1.165) is 50.0 Å². The summed E-state index contributed by atoms with van der Waals surface area (Å²) >= 11 is 0. The van der Waals surface area contributed by atoms with Gasteiger partial charge in [0, 0.05) is 29.3 Å². The number of halogens is 1. The zero-order chi connectivity index (χ0) is 21.0. The molecule has 0 aliphatic carbocycles. The summed E-state index contributed by atoms with van der Waals surface area (Å²) in [5.74, 6) is 0.142. The molecule has 3 heterocycles. The standard InChI is InChI=1S/C25H28FN5/c26-24-16-30(12-10-20(24)13-19-5-2-1-3-6-19)11-4-7-21-15-27-25-9-8-22(14-23(21)25)31-17-28-29-18-31/h1-3,5-6,8-9,14-15,17-18,20,24,27H,4,7,10-13,16H2. The van der Waals surface area contributed by atoms with Crippen LogP contribution in [0.25, 0.3) is 16.6 Å². The van der Waals surface area contributed by atoms with E-state index >= 15 is 0 Å². The number of fused-ring (bicyclic) bond motifs is 1. The van der Waals surface area contributed by atoms with Crippen LogP contribution in [0.4, 0.5) is 4.39 Å². The maximum atomic E-state index is 14.8. The summed E-state index contributed by atoms with van der Waals surface area (Å²) in [5, 5.41) is 9.02. The van der Waals surface area contributed by atoms with Gasteiger partial charge in [0.25, 0.3) is 0 Å². The number of rotatable bonds is 7. The fourth-order valence-electron chi connectivity index (χ4n) is 4.73. The Morgan fingerprint density at radius 2 is 1.90 bits per heavy atom. The molecule has 0 spiro atoms. The van der Waals surface area contributed by atoms with Crippen LogP contribution in [0.15, 0.2) is 67.4 Å². The Hall–Kier alpha value is -2.99. The highest BCUT2D eigenvalue weighted by molar-refractivity contribution is 5.85. The number of nitrogens with one attached hydrogen (secondary N) is 1. The predicted octanol–water partition coefficient (Wildman–Crippen LogP) is 4.58. The maximum Gasteiger partial charge on any atom is 0.123 e. The first-order valence-corrected chi connectivity index (χ1v) is 11.1. The third-order valence-electron chi connectivity index (χ3n) is 6.49. The number of piperidine rings is 1. The van der Waals surface area contributed by atoms with Crippen LogP contribution in [0.2, 0.25) is 0 Å².